The summed E-state index contributed by atoms with van der Waals surface area (Å²) in [7, 11) is 0. The van der Waals surface area contributed by atoms with Crippen LogP contribution in [0.5, 0.6) is 0 Å². The van der Waals surface area contributed by atoms with Gasteiger partial charge >= 0.3 is 6.36 Å². The van der Waals surface area contributed by atoms with Crippen molar-refractivity contribution in [1.29, 1.82) is 0 Å². The van der Waals surface area contributed by atoms with E-state index in [1.54, 1.807) is 0 Å². The molecule has 0 aliphatic rings. The van der Waals surface area contributed by atoms with E-state index in [1.165, 1.54) is 0 Å². The van der Waals surface area contributed by atoms with E-state index in [-0.39, 0.29) is 12.6 Å². The normalized spacial score (nSPS) is 14.0. The van der Waals surface area contributed by atoms with E-state index in [0.29, 0.717) is 0 Å². The quantitative estimate of drug-likeness (QED) is 0.816. The molecule has 6 heteroatoms. The first kappa shape index (κ1) is 14.1. The fourth-order valence-corrected chi connectivity index (χ4v) is 1.63. The summed E-state index contributed by atoms with van der Waals surface area (Å²) in [5, 5.41) is 2.94. The van der Waals surface area contributed by atoms with Crippen LogP contribution in [0.2, 0.25) is 0 Å². The van der Waals surface area contributed by atoms with E-state index < -0.39 is 13.0 Å². The Hall–Kier alpha value is -1.01. The summed E-state index contributed by atoms with van der Waals surface area (Å²) in [4.78, 5) is 0. The van der Waals surface area contributed by atoms with Crippen LogP contribution in [0.4, 0.5) is 13.2 Å². The average molecular weight is 251 g/mol. The molecule has 1 unspecified atom stereocenters. The molecule has 0 aliphatic heterocycles. The number of ether oxygens (including phenoxy) is 1. The van der Waals surface area contributed by atoms with E-state index >= 15 is 0 Å². The van der Waals surface area contributed by atoms with Crippen LogP contribution >= 0.6 is 0 Å². The lowest BCUT2D eigenvalue weighted by molar-refractivity contribution is -0.323. The van der Waals surface area contributed by atoms with Crippen molar-refractivity contribution in [3.05, 3.63) is 23.2 Å². The third-order valence-electron chi connectivity index (χ3n) is 2.36. The van der Waals surface area contributed by atoms with Crippen LogP contribution in [-0.2, 0) is 4.74 Å². The fourth-order valence-electron chi connectivity index (χ4n) is 1.63. The van der Waals surface area contributed by atoms with Crippen molar-refractivity contribution in [3.8, 4) is 0 Å². The second-order valence-corrected chi connectivity index (χ2v) is 3.84. The number of furan rings is 1. The van der Waals surface area contributed by atoms with Crippen molar-refractivity contribution in [2.24, 2.45) is 0 Å². The van der Waals surface area contributed by atoms with Gasteiger partial charge in [-0.05, 0) is 26.8 Å². The average Bonchev–Trinajstić information content (AvgIpc) is 2.51. The Balaban J connectivity index is 2.35. The Labute approximate surface area is 97.9 Å². The molecule has 17 heavy (non-hydrogen) atoms. The molecule has 0 aliphatic carbocycles. The van der Waals surface area contributed by atoms with E-state index in [9.17, 15) is 13.2 Å². The second-order valence-electron chi connectivity index (χ2n) is 3.84. The number of hydrogen-bond acceptors (Lipinski definition) is 3. The van der Waals surface area contributed by atoms with Crippen molar-refractivity contribution in [3.63, 3.8) is 0 Å². The Morgan fingerprint density at radius 2 is 2.06 bits per heavy atom. The molecule has 0 bridgehead atoms. The van der Waals surface area contributed by atoms with Gasteiger partial charge in [-0.25, -0.2) is 0 Å². The van der Waals surface area contributed by atoms with Crippen LogP contribution in [0.3, 0.4) is 0 Å². The molecule has 1 N–H and O–H groups in total. The molecule has 1 rings (SSSR count). The van der Waals surface area contributed by atoms with Gasteiger partial charge in [0.25, 0.3) is 0 Å². The molecule has 3 nitrogen and oxygen atoms in total. The van der Waals surface area contributed by atoms with Gasteiger partial charge in [-0.15, -0.1) is 13.2 Å². The molecule has 0 saturated carbocycles. The van der Waals surface area contributed by atoms with Gasteiger partial charge in [0.05, 0.1) is 6.61 Å². The molecule has 1 aromatic heterocycles. The number of hydrogen-bond donors (Lipinski definition) is 1. The number of halogens is 3. The van der Waals surface area contributed by atoms with Crippen LogP contribution in [-0.4, -0.2) is 19.5 Å². The van der Waals surface area contributed by atoms with Gasteiger partial charge < -0.3 is 9.73 Å². The third kappa shape index (κ3) is 4.79. The minimum Gasteiger partial charge on any atom is -0.466 e. The van der Waals surface area contributed by atoms with Crippen molar-refractivity contribution in [2.75, 3.05) is 13.2 Å². The number of rotatable bonds is 5. The molecular weight excluding hydrogens is 235 g/mol. The van der Waals surface area contributed by atoms with Crippen LogP contribution in [0.25, 0.3) is 0 Å². The highest BCUT2D eigenvalue weighted by molar-refractivity contribution is 5.23. The number of alkyl halides is 3. The minimum atomic E-state index is -4.56. The second kappa shape index (κ2) is 5.55. The first-order valence-electron chi connectivity index (χ1n) is 5.30. The predicted octanol–water partition coefficient (Wildman–Crippen LogP) is 3.08. The molecule has 1 heterocycles. The summed E-state index contributed by atoms with van der Waals surface area (Å²) in [6.07, 6.45) is -4.56. The molecule has 0 aromatic carbocycles. The summed E-state index contributed by atoms with van der Waals surface area (Å²) >= 11 is 0. The predicted molar refractivity (Wildman–Crippen MR) is 56.6 cm³/mol. The first-order chi connectivity index (χ1) is 7.79. The summed E-state index contributed by atoms with van der Waals surface area (Å²) in [5.41, 5.74) is 0.953. The van der Waals surface area contributed by atoms with Crippen LogP contribution < -0.4 is 5.32 Å². The highest BCUT2D eigenvalue weighted by Gasteiger charge is 2.28. The van der Waals surface area contributed by atoms with Crippen molar-refractivity contribution in [1.82, 2.24) is 5.32 Å². The van der Waals surface area contributed by atoms with E-state index in [1.807, 2.05) is 26.8 Å². The maximum absolute atomic E-state index is 11.7. The van der Waals surface area contributed by atoms with Gasteiger partial charge in [0.15, 0.2) is 0 Å². The molecule has 1 aromatic rings. The van der Waals surface area contributed by atoms with Gasteiger partial charge in [0.1, 0.15) is 11.5 Å². The largest absolute Gasteiger partial charge is 0.522 e. The Morgan fingerprint density at radius 3 is 2.53 bits per heavy atom. The third-order valence-corrected chi connectivity index (χ3v) is 2.36. The van der Waals surface area contributed by atoms with Crippen LogP contribution in [0, 0.1) is 13.8 Å². The summed E-state index contributed by atoms with van der Waals surface area (Å²) < 4.78 is 44.1. The van der Waals surface area contributed by atoms with E-state index in [0.717, 1.165) is 17.1 Å². The van der Waals surface area contributed by atoms with E-state index in [2.05, 4.69) is 10.1 Å². The topological polar surface area (TPSA) is 34.4 Å². The van der Waals surface area contributed by atoms with Gasteiger partial charge in [-0.3, -0.25) is 4.74 Å². The lowest BCUT2D eigenvalue weighted by Crippen LogP contribution is -2.26. The van der Waals surface area contributed by atoms with Gasteiger partial charge in [0.2, 0.25) is 0 Å². The van der Waals surface area contributed by atoms with Crippen LogP contribution in [0.1, 0.15) is 30.0 Å². The zero-order chi connectivity index (χ0) is 13.1. The van der Waals surface area contributed by atoms with Crippen LogP contribution in [0.15, 0.2) is 10.5 Å². The Kier molecular flexibility index (Phi) is 4.59. The Bertz CT molecular complexity index is 360. The van der Waals surface area contributed by atoms with Gasteiger partial charge in [-0.2, -0.15) is 0 Å². The fraction of sp³-hybridized carbons (Fsp3) is 0.636. The zero-order valence-corrected chi connectivity index (χ0v) is 10.0. The molecule has 0 saturated heterocycles. The molecule has 0 spiro atoms. The number of nitrogens with one attached hydrogen (secondary N) is 1. The highest BCUT2D eigenvalue weighted by atomic mass is 19.4. The van der Waals surface area contributed by atoms with Gasteiger partial charge in [0, 0.05) is 18.2 Å². The molecule has 98 valence electrons. The Morgan fingerprint density at radius 1 is 1.41 bits per heavy atom. The molecule has 0 amide bonds. The highest BCUT2D eigenvalue weighted by Crippen LogP contribution is 2.21. The SMILES string of the molecule is Cc1cc(C(C)NCCOC(F)(F)F)c(C)o1. The zero-order valence-electron chi connectivity index (χ0n) is 10.0. The maximum Gasteiger partial charge on any atom is 0.522 e. The maximum atomic E-state index is 11.7. The van der Waals surface area contributed by atoms with Crippen molar-refractivity contribution in [2.45, 2.75) is 33.2 Å². The summed E-state index contributed by atoms with van der Waals surface area (Å²) in [6.45, 7) is 5.25. The van der Waals surface area contributed by atoms with Crippen molar-refractivity contribution >= 4 is 0 Å². The van der Waals surface area contributed by atoms with Gasteiger partial charge in [-0.1, -0.05) is 0 Å². The lowest BCUT2D eigenvalue weighted by atomic mass is 10.1. The molecule has 0 fully saturated rings. The summed E-state index contributed by atoms with van der Waals surface area (Å²) in [5.74, 6) is 1.57. The standard InChI is InChI=1S/C11H16F3NO2/c1-7-6-10(9(3)17-7)8(2)15-4-5-16-11(12,13)14/h6,8,15H,4-5H2,1-3H3. The smallest absolute Gasteiger partial charge is 0.466 e. The van der Waals surface area contributed by atoms with E-state index in [4.69, 9.17) is 4.42 Å². The summed E-state index contributed by atoms with van der Waals surface area (Å²) in [6, 6.07) is 1.81. The molecule has 1 atom stereocenters. The molecular formula is C11H16F3NO2. The first-order valence-corrected chi connectivity index (χ1v) is 5.30. The lowest BCUT2D eigenvalue weighted by Gasteiger charge is -2.13. The van der Waals surface area contributed by atoms with Crippen molar-refractivity contribution < 1.29 is 22.3 Å². The monoisotopic (exact) mass is 251 g/mol. The minimum absolute atomic E-state index is 0.0655. The number of aryl methyl sites for hydroxylation is 2. The molecule has 0 radical (unpaired) electrons.